The van der Waals surface area contributed by atoms with E-state index in [1.807, 2.05) is 43.0 Å². The van der Waals surface area contributed by atoms with Gasteiger partial charge >= 0.3 is 6.03 Å². The molecule has 0 bridgehead atoms. The lowest BCUT2D eigenvalue weighted by atomic mass is 10.1. The minimum absolute atomic E-state index is 0.0227. The number of nitrogens with one attached hydrogen (secondary N) is 2. The average Bonchev–Trinajstić information content (AvgIpc) is 2.47. The quantitative estimate of drug-likeness (QED) is 0.894. The number of methoxy groups -OCH3 is 1. The molecule has 0 aromatic heterocycles. The molecule has 0 saturated carbocycles. The number of hydrogen-bond donors (Lipinski definition) is 2. The fraction of sp³-hybridized carbons (Fsp3) is 0.533. The Kier molecular flexibility index (Phi) is 5.73. The molecule has 2 atom stereocenters. The van der Waals surface area contributed by atoms with Gasteiger partial charge in [-0.05, 0) is 43.2 Å². The monoisotopic (exact) mass is 294 g/mol. The molecule has 1 heterocycles. The minimum atomic E-state index is -0.125. The first-order chi connectivity index (χ1) is 9.69. The lowest BCUT2D eigenvalue weighted by Gasteiger charge is -2.22. The van der Waals surface area contributed by atoms with E-state index in [2.05, 4.69) is 10.6 Å². The molecule has 1 aromatic rings. The summed E-state index contributed by atoms with van der Waals surface area (Å²) in [5.41, 5.74) is 1.85. The Morgan fingerprint density at radius 3 is 3.05 bits per heavy atom. The van der Waals surface area contributed by atoms with E-state index in [4.69, 9.17) is 4.74 Å². The standard InChI is InChI=1S/C15H22N2O2S/c1-11(19-2)12-5-3-6-13(9-12)16-15(18)17-14-7-4-8-20-10-14/h3,5-6,9,11,14H,4,7-8,10H2,1-2H3,(H2,16,17,18)/t11-,14-/m0/s1. The predicted octanol–water partition coefficient (Wildman–Crippen LogP) is 3.41. The van der Waals surface area contributed by atoms with Crippen molar-refractivity contribution >= 4 is 23.5 Å². The van der Waals surface area contributed by atoms with Gasteiger partial charge in [0.05, 0.1) is 6.10 Å². The van der Waals surface area contributed by atoms with Crippen molar-refractivity contribution in [1.82, 2.24) is 5.32 Å². The molecular formula is C15H22N2O2S. The molecule has 1 aliphatic rings. The number of carbonyl (C=O) groups excluding carboxylic acids is 1. The molecule has 2 rings (SSSR count). The van der Waals surface area contributed by atoms with Crippen LogP contribution in [-0.4, -0.2) is 30.7 Å². The zero-order valence-electron chi connectivity index (χ0n) is 12.0. The summed E-state index contributed by atoms with van der Waals surface area (Å²) in [6.07, 6.45) is 2.27. The van der Waals surface area contributed by atoms with E-state index in [1.54, 1.807) is 7.11 Å². The minimum Gasteiger partial charge on any atom is -0.377 e. The fourth-order valence-electron chi connectivity index (χ4n) is 2.21. The van der Waals surface area contributed by atoms with Gasteiger partial charge in [-0.2, -0.15) is 11.8 Å². The largest absolute Gasteiger partial charge is 0.377 e. The second-order valence-corrected chi connectivity index (χ2v) is 6.17. The summed E-state index contributed by atoms with van der Waals surface area (Å²) in [6, 6.07) is 7.92. The molecule has 1 aliphatic heterocycles. The van der Waals surface area contributed by atoms with E-state index in [1.165, 1.54) is 12.2 Å². The molecule has 2 amide bonds. The van der Waals surface area contributed by atoms with Crippen LogP contribution in [0, 0.1) is 0 Å². The van der Waals surface area contributed by atoms with Crippen LogP contribution in [0.5, 0.6) is 0 Å². The van der Waals surface area contributed by atoms with E-state index in [0.29, 0.717) is 0 Å². The summed E-state index contributed by atoms with van der Waals surface area (Å²) in [6.45, 7) is 1.98. The zero-order chi connectivity index (χ0) is 14.4. The molecule has 4 nitrogen and oxygen atoms in total. The Hall–Kier alpha value is -1.20. The van der Waals surface area contributed by atoms with Gasteiger partial charge < -0.3 is 15.4 Å². The second kappa shape index (κ2) is 7.55. The third-order valence-corrected chi connectivity index (χ3v) is 4.68. The van der Waals surface area contributed by atoms with Crippen LogP contribution in [0.2, 0.25) is 0 Å². The van der Waals surface area contributed by atoms with Crippen LogP contribution < -0.4 is 10.6 Å². The maximum absolute atomic E-state index is 12.0. The van der Waals surface area contributed by atoms with E-state index in [0.717, 1.165) is 23.4 Å². The van der Waals surface area contributed by atoms with E-state index in [9.17, 15) is 4.79 Å². The molecule has 1 aromatic carbocycles. The number of thioether (sulfide) groups is 1. The molecule has 2 N–H and O–H groups in total. The third kappa shape index (κ3) is 4.42. The van der Waals surface area contributed by atoms with Crippen molar-refractivity contribution in [3.63, 3.8) is 0 Å². The second-order valence-electron chi connectivity index (χ2n) is 5.02. The molecule has 20 heavy (non-hydrogen) atoms. The van der Waals surface area contributed by atoms with Gasteiger partial charge in [0.25, 0.3) is 0 Å². The molecule has 1 fully saturated rings. The van der Waals surface area contributed by atoms with Crippen LogP contribution in [0.25, 0.3) is 0 Å². The molecule has 0 radical (unpaired) electrons. The first-order valence-electron chi connectivity index (χ1n) is 6.97. The first kappa shape index (κ1) is 15.2. The molecule has 110 valence electrons. The van der Waals surface area contributed by atoms with Crippen molar-refractivity contribution in [2.75, 3.05) is 23.9 Å². The van der Waals surface area contributed by atoms with Gasteiger partial charge in [-0.25, -0.2) is 4.79 Å². The Morgan fingerprint density at radius 1 is 1.50 bits per heavy atom. The number of urea groups is 1. The van der Waals surface area contributed by atoms with Crippen LogP contribution >= 0.6 is 11.8 Å². The summed E-state index contributed by atoms with van der Waals surface area (Å²) in [5.74, 6) is 2.21. The Balaban J connectivity index is 1.90. The molecule has 1 saturated heterocycles. The Labute approximate surface area is 124 Å². The van der Waals surface area contributed by atoms with Gasteiger partial charge in [-0.1, -0.05) is 12.1 Å². The number of rotatable bonds is 4. The van der Waals surface area contributed by atoms with Crippen molar-refractivity contribution in [2.24, 2.45) is 0 Å². The lowest BCUT2D eigenvalue weighted by Crippen LogP contribution is -2.40. The summed E-state index contributed by atoms with van der Waals surface area (Å²) in [5, 5.41) is 5.92. The highest BCUT2D eigenvalue weighted by molar-refractivity contribution is 7.99. The molecule has 0 aliphatic carbocycles. The van der Waals surface area contributed by atoms with Crippen molar-refractivity contribution in [3.8, 4) is 0 Å². The van der Waals surface area contributed by atoms with Crippen molar-refractivity contribution in [2.45, 2.75) is 31.9 Å². The highest BCUT2D eigenvalue weighted by atomic mass is 32.2. The van der Waals surface area contributed by atoms with E-state index in [-0.39, 0.29) is 18.2 Å². The number of benzene rings is 1. The van der Waals surface area contributed by atoms with Gasteiger partial charge in [0.15, 0.2) is 0 Å². The zero-order valence-corrected chi connectivity index (χ0v) is 12.8. The van der Waals surface area contributed by atoms with Crippen LogP contribution in [-0.2, 0) is 4.74 Å². The van der Waals surface area contributed by atoms with Crippen LogP contribution in [0.3, 0.4) is 0 Å². The summed E-state index contributed by atoms with van der Waals surface area (Å²) in [7, 11) is 1.68. The molecule has 5 heteroatoms. The number of anilines is 1. The summed E-state index contributed by atoms with van der Waals surface area (Å²) in [4.78, 5) is 12.0. The normalized spacial score (nSPS) is 20.2. The first-order valence-corrected chi connectivity index (χ1v) is 8.12. The number of carbonyl (C=O) groups is 1. The van der Waals surface area contributed by atoms with Gasteiger partial charge in [0, 0.05) is 24.6 Å². The molecular weight excluding hydrogens is 272 g/mol. The van der Waals surface area contributed by atoms with E-state index >= 15 is 0 Å². The topological polar surface area (TPSA) is 50.4 Å². The van der Waals surface area contributed by atoms with Crippen molar-refractivity contribution < 1.29 is 9.53 Å². The van der Waals surface area contributed by atoms with Crippen molar-refractivity contribution in [1.29, 1.82) is 0 Å². The average molecular weight is 294 g/mol. The van der Waals surface area contributed by atoms with Crippen LogP contribution in [0.15, 0.2) is 24.3 Å². The Bertz CT molecular complexity index is 447. The third-order valence-electron chi connectivity index (χ3n) is 3.46. The summed E-state index contributed by atoms with van der Waals surface area (Å²) >= 11 is 1.90. The number of hydrogen-bond acceptors (Lipinski definition) is 3. The van der Waals surface area contributed by atoms with Gasteiger partial charge in [-0.15, -0.1) is 0 Å². The lowest BCUT2D eigenvalue weighted by molar-refractivity contribution is 0.119. The predicted molar refractivity (Wildman–Crippen MR) is 84.4 cm³/mol. The van der Waals surface area contributed by atoms with E-state index < -0.39 is 0 Å². The van der Waals surface area contributed by atoms with Gasteiger partial charge in [0.2, 0.25) is 0 Å². The SMILES string of the molecule is CO[C@@H](C)c1cccc(NC(=O)N[C@H]2CCCSC2)c1. The van der Waals surface area contributed by atoms with Gasteiger partial charge in [0.1, 0.15) is 0 Å². The van der Waals surface area contributed by atoms with Crippen molar-refractivity contribution in [3.05, 3.63) is 29.8 Å². The molecule has 0 spiro atoms. The van der Waals surface area contributed by atoms with Crippen LogP contribution in [0.1, 0.15) is 31.4 Å². The highest BCUT2D eigenvalue weighted by Gasteiger charge is 2.16. The highest BCUT2D eigenvalue weighted by Crippen LogP contribution is 2.20. The fourth-order valence-corrected chi connectivity index (χ4v) is 3.28. The number of amides is 2. The maximum Gasteiger partial charge on any atom is 0.319 e. The van der Waals surface area contributed by atoms with Gasteiger partial charge in [-0.3, -0.25) is 0 Å². The number of ether oxygens (including phenoxy) is 1. The summed E-state index contributed by atoms with van der Waals surface area (Å²) < 4.78 is 5.29. The molecule has 0 unspecified atom stereocenters. The van der Waals surface area contributed by atoms with Crippen LogP contribution in [0.4, 0.5) is 10.5 Å². The maximum atomic E-state index is 12.0. The smallest absolute Gasteiger partial charge is 0.319 e. The Morgan fingerprint density at radius 2 is 2.35 bits per heavy atom.